The molecule has 2 N–H and O–H groups in total. The van der Waals surface area contributed by atoms with Crippen LogP contribution in [-0.2, 0) is 11.2 Å². The quantitative estimate of drug-likeness (QED) is 0.367. The van der Waals surface area contributed by atoms with E-state index in [0.717, 1.165) is 5.56 Å². The molecule has 3 aromatic rings. The number of carboxylic acid groups (broad SMARTS) is 1. The summed E-state index contributed by atoms with van der Waals surface area (Å²) in [6, 6.07) is 13.9. The predicted octanol–water partition coefficient (Wildman–Crippen LogP) is 5.77. The van der Waals surface area contributed by atoms with Crippen LogP contribution in [-0.4, -0.2) is 37.4 Å². The van der Waals surface area contributed by atoms with Crippen molar-refractivity contribution in [2.24, 2.45) is 0 Å². The minimum Gasteiger partial charge on any atom is -0.496 e. The SMILES string of the molecule is COc1cc(F)ccc1CCNC(=O)c1ccc(Oc2cc3c(cc2Cl)C(OC(=O)O)CCO3)cc1. The van der Waals surface area contributed by atoms with Crippen molar-refractivity contribution >= 4 is 23.7 Å². The Kier molecular flexibility index (Phi) is 7.80. The summed E-state index contributed by atoms with van der Waals surface area (Å²) in [5.41, 5.74) is 1.75. The Morgan fingerprint density at radius 1 is 1.14 bits per heavy atom. The smallest absolute Gasteiger partial charge is 0.496 e. The molecule has 1 aliphatic heterocycles. The van der Waals surface area contributed by atoms with Crippen LogP contribution >= 0.6 is 11.6 Å². The van der Waals surface area contributed by atoms with Crippen molar-refractivity contribution in [3.63, 3.8) is 0 Å². The van der Waals surface area contributed by atoms with Gasteiger partial charge in [-0.15, -0.1) is 0 Å². The second kappa shape index (κ2) is 11.2. The molecule has 36 heavy (non-hydrogen) atoms. The summed E-state index contributed by atoms with van der Waals surface area (Å²) in [5, 5.41) is 12.0. The summed E-state index contributed by atoms with van der Waals surface area (Å²) in [5.74, 6) is 0.966. The van der Waals surface area contributed by atoms with Gasteiger partial charge in [-0.25, -0.2) is 9.18 Å². The van der Waals surface area contributed by atoms with E-state index in [-0.39, 0.29) is 16.7 Å². The molecule has 1 unspecified atom stereocenters. The second-order valence-corrected chi connectivity index (χ2v) is 8.33. The van der Waals surface area contributed by atoms with Crippen LogP contribution < -0.4 is 19.5 Å². The molecule has 1 amide bonds. The standard InChI is InChI=1S/C26H23ClFNO7/c1-33-22-12-17(28)5-2-15(22)8-10-29-25(30)16-3-6-18(7-4-16)35-24-14-23-19(13-20(24)27)21(9-11-34-23)36-26(31)32/h2-7,12-14,21H,8-11H2,1H3,(H,29,30)(H,31,32). The number of hydrogen-bond donors (Lipinski definition) is 2. The van der Waals surface area contributed by atoms with Crippen LogP contribution in [0.4, 0.5) is 9.18 Å². The molecular formula is C26H23ClFNO7. The first-order valence-corrected chi connectivity index (χ1v) is 11.5. The van der Waals surface area contributed by atoms with Crippen LogP contribution in [0.25, 0.3) is 0 Å². The number of halogens is 2. The van der Waals surface area contributed by atoms with Gasteiger partial charge in [0.15, 0.2) is 0 Å². The molecular weight excluding hydrogens is 493 g/mol. The molecule has 10 heteroatoms. The van der Waals surface area contributed by atoms with Gasteiger partial charge < -0.3 is 29.4 Å². The number of carbonyl (C=O) groups is 2. The molecule has 0 aliphatic carbocycles. The van der Waals surface area contributed by atoms with E-state index in [1.54, 1.807) is 42.5 Å². The average molecular weight is 516 g/mol. The predicted molar refractivity (Wildman–Crippen MR) is 129 cm³/mol. The van der Waals surface area contributed by atoms with Gasteiger partial charge in [0.05, 0.1) is 18.7 Å². The molecule has 0 fully saturated rings. The number of hydrogen-bond acceptors (Lipinski definition) is 6. The maximum absolute atomic E-state index is 13.3. The van der Waals surface area contributed by atoms with Crippen molar-refractivity contribution in [3.8, 4) is 23.0 Å². The Morgan fingerprint density at radius 3 is 2.64 bits per heavy atom. The number of carbonyl (C=O) groups excluding carboxylic acids is 1. The first kappa shape index (κ1) is 25.1. The van der Waals surface area contributed by atoms with Gasteiger partial charge in [0.25, 0.3) is 5.91 Å². The van der Waals surface area contributed by atoms with Gasteiger partial charge in [-0.3, -0.25) is 4.79 Å². The lowest BCUT2D eigenvalue weighted by Crippen LogP contribution is -2.25. The number of fused-ring (bicyclic) bond motifs is 1. The van der Waals surface area contributed by atoms with E-state index in [1.807, 2.05) is 0 Å². The maximum atomic E-state index is 13.3. The molecule has 3 aromatic carbocycles. The zero-order valence-corrected chi connectivity index (χ0v) is 20.0. The fourth-order valence-electron chi connectivity index (χ4n) is 3.82. The molecule has 0 aromatic heterocycles. The van der Waals surface area contributed by atoms with Gasteiger partial charge in [0, 0.05) is 36.2 Å². The van der Waals surface area contributed by atoms with Crippen LogP contribution in [0.15, 0.2) is 54.6 Å². The third kappa shape index (κ3) is 5.98. The van der Waals surface area contributed by atoms with Crippen LogP contribution in [0.3, 0.4) is 0 Å². The fraction of sp³-hybridized carbons (Fsp3) is 0.231. The number of ether oxygens (including phenoxy) is 4. The van der Waals surface area contributed by atoms with Gasteiger partial charge in [-0.2, -0.15) is 0 Å². The molecule has 0 bridgehead atoms. The number of benzene rings is 3. The van der Waals surface area contributed by atoms with Crippen molar-refractivity contribution in [2.75, 3.05) is 20.3 Å². The maximum Gasteiger partial charge on any atom is 0.506 e. The van der Waals surface area contributed by atoms with Gasteiger partial charge >= 0.3 is 6.16 Å². The Bertz CT molecular complexity index is 1270. The van der Waals surface area contributed by atoms with E-state index in [2.05, 4.69) is 5.32 Å². The van der Waals surface area contributed by atoms with Gasteiger partial charge in [0.1, 0.15) is 34.9 Å². The monoisotopic (exact) mass is 515 g/mol. The highest BCUT2D eigenvalue weighted by atomic mass is 35.5. The van der Waals surface area contributed by atoms with E-state index in [9.17, 15) is 14.0 Å². The summed E-state index contributed by atoms with van der Waals surface area (Å²) in [4.78, 5) is 23.4. The Balaban J connectivity index is 1.37. The summed E-state index contributed by atoms with van der Waals surface area (Å²) < 4.78 is 34.9. The molecule has 1 atom stereocenters. The van der Waals surface area contributed by atoms with E-state index in [1.165, 1.54) is 19.2 Å². The van der Waals surface area contributed by atoms with E-state index in [4.69, 9.17) is 35.7 Å². The molecule has 0 radical (unpaired) electrons. The Labute approximate surface area is 211 Å². The van der Waals surface area contributed by atoms with E-state index >= 15 is 0 Å². The summed E-state index contributed by atoms with van der Waals surface area (Å²) in [7, 11) is 1.47. The molecule has 8 nitrogen and oxygen atoms in total. The molecule has 0 spiro atoms. The van der Waals surface area contributed by atoms with Crippen LogP contribution in [0, 0.1) is 5.82 Å². The highest BCUT2D eigenvalue weighted by molar-refractivity contribution is 6.32. The molecule has 0 saturated heterocycles. The third-order valence-electron chi connectivity index (χ3n) is 5.57. The normalized spacial score (nSPS) is 14.2. The van der Waals surface area contributed by atoms with Crippen LogP contribution in [0.2, 0.25) is 5.02 Å². The summed E-state index contributed by atoms with van der Waals surface area (Å²) >= 11 is 6.36. The van der Waals surface area contributed by atoms with Gasteiger partial charge in [0.2, 0.25) is 0 Å². The lowest BCUT2D eigenvalue weighted by atomic mass is 10.0. The second-order valence-electron chi connectivity index (χ2n) is 7.92. The minimum absolute atomic E-state index is 0.260. The van der Waals surface area contributed by atoms with Crippen molar-refractivity contribution in [3.05, 3.63) is 82.1 Å². The van der Waals surface area contributed by atoms with Gasteiger partial charge in [-0.1, -0.05) is 17.7 Å². The number of methoxy groups -OCH3 is 1. The number of nitrogens with one attached hydrogen (secondary N) is 1. The summed E-state index contributed by atoms with van der Waals surface area (Å²) in [6.45, 7) is 0.639. The Morgan fingerprint density at radius 2 is 1.92 bits per heavy atom. The molecule has 1 aliphatic rings. The number of amides is 1. The fourth-order valence-corrected chi connectivity index (χ4v) is 4.03. The third-order valence-corrected chi connectivity index (χ3v) is 5.86. The van der Waals surface area contributed by atoms with Crippen molar-refractivity contribution in [1.82, 2.24) is 5.32 Å². The van der Waals surface area contributed by atoms with Crippen LogP contribution in [0.1, 0.15) is 34.0 Å². The first-order chi connectivity index (χ1) is 17.3. The summed E-state index contributed by atoms with van der Waals surface area (Å²) in [6.07, 6.45) is -1.17. The lowest BCUT2D eigenvalue weighted by molar-refractivity contribution is 0.0326. The molecule has 188 valence electrons. The van der Waals surface area contributed by atoms with Gasteiger partial charge in [-0.05, 0) is 48.4 Å². The van der Waals surface area contributed by atoms with Crippen molar-refractivity contribution < 1.29 is 38.0 Å². The molecule has 4 rings (SSSR count). The molecule has 1 heterocycles. The molecule has 0 saturated carbocycles. The zero-order valence-electron chi connectivity index (χ0n) is 19.3. The van der Waals surface area contributed by atoms with E-state index < -0.39 is 12.3 Å². The highest BCUT2D eigenvalue weighted by Gasteiger charge is 2.27. The number of rotatable bonds is 8. The van der Waals surface area contributed by atoms with E-state index in [0.29, 0.717) is 60.1 Å². The Hall–Kier alpha value is -3.98. The largest absolute Gasteiger partial charge is 0.506 e. The minimum atomic E-state index is -1.37. The first-order valence-electron chi connectivity index (χ1n) is 11.1. The van der Waals surface area contributed by atoms with Crippen LogP contribution in [0.5, 0.6) is 23.0 Å². The van der Waals surface area contributed by atoms with Crippen molar-refractivity contribution in [1.29, 1.82) is 0 Å². The average Bonchev–Trinajstić information content (AvgIpc) is 2.86. The topological polar surface area (TPSA) is 103 Å². The highest BCUT2D eigenvalue weighted by Crippen LogP contribution is 2.42. The zero-order chi connectivity index (χ0) is 25.7. The lowest BCUT2D eigenvalue weighted by Gasteiger charge is -2.25. The van der Waals surface area contributed by atoms with Crippen molar-refractivity contribution in [2.45, 2.75) is 18.9 Å².